The van der Waals surface area contributed by atoms with Crippen LogP contribution < -0.4 is 0 Å². The van der Waals surface area contributed by atoms with Gasteiger partial charge in [-0.1, -0.05) is 45.7 Å². The molecule has 1 aliphatic carbocycles. The van der Waals surface area contributed by atoms with E-state index in [1.54, 1.807) is 36.4 Å². The number of rotatable bonds is 4. The predicted molar refractivity (Wildman–Crippen MR) is 107 cm³/mol. The topological polar surface area (TPSA) is 77.3 Å². The van der Waals surface area contributed by atoms with Crippen LogP contribution in [0.2, 0.25) is 0 Å². The second-order valence-electron chi connectivity index (χ2n) is 6.78. The largest absolute Gasteiger partial charge is 0.365 e. The third kappa shape index (κ3) is 5.13. The minimum Gasteiger partial charge on any atom is -0.312 e. The van der Waals surface area contributed by atoms with Gasteiger partial charge in [0.25, 0.3) is 0 Å². The summed E-state index contributed by atoms with van der Waals surface area (Å²) in [4.78, 5) is 34.5. The zero-order valence-corrected chi connectivity index (χ0v) is 16.0. The van der Waals surface area contributed by atoms with Crippen molar-refractivity contribution in [2.75, 3.05) is 0 Å². The second kappa shape index (κ2) is 9.08. The standard InChI is InChI=1S/C22H22N2O4/c1-15-7-5-9-17(13-15)21(25)27-23-19-11-3-4-12-20(19)24-28-22(26)18-10-6-8-16(2)14-18/h5-10,13-14H,3-4,11-12H2,1-2H3/b23-19-,24-20-. The Morgan fingerprint density at radius 3 is 1.57 bits per heavy atom. The van der Waals surface area contributed by atoms with E-state index >= 15 is 0 Å². The highest BCUT2D eigenvalue weighted by atomic mass is 16.7. The summed E-state index contributed by atoms with van der Waals surface area (Å²) in [7, 11) is 0. The Morgan fingerprint density at radius 1 is 0.750 bits per heavy atom. The van der Waals surface area contributed by atoms with Crippen LogP contribution in [-0.4, -0.2) is 23.4 Å². The fourth-order valence-corrected chi connectivity index (χ4v) is 2.91. The number of carbonyl (C=O) groups is 2. The van der Waals surface area contributed by atoms with Crippen molar-refractivity contribution in [3.8, 4) is 0 Å². The third-order valence-electron chi connectivity index (χ3n) is 4.40. The van der Waals surface area contributed by atoms with Crippen molar-refractivity contribution in [2.24, 2.45) is 10.3 Å². The summed E-state index contributed by atoms with van der Waals surface area (Å²) >= 11 is 0. The maximum Gasteiger partial charge on any atom is 0.365 e. The third-order valence-corrected chi connectivity index (χ3v) is 4.40. The lowest BCUT2D eigenvalue weighted by Crippen LogP contribution is -2.21. The quantitative estimate of drug-likeness (QED) is 0.575. The first-order valence-electron chi connectivity index (χ1n) is 9.23. The molecule has 28 heavy (non-hydrogen) atoms. The van der Waals surface area contributed by atoms with Gasteiger partial charge in [0.2, 0.25) is 0 Å². The molecule has 0 radical (unpaired) electrons. The lowest BCUT2D eigenvalue weighted by atomic mass is 9.97. The highest BCUT2D eigenvalue weighted by molar-refractivity contribution is 6.42. The fraction of sp³-hybridized carbons (Fsp3) is 0.273. The molecule has 6 heteroatoms. The molecule has 0 heterocycles. The van der Waals surface area contributed by atoms with E-state index in [2.05, 4.69) is 10.3 Å². The van der Waals surface area contributed by atoms with Gasteiger partial charge in [0, 0.05) is 0 Å². The van der Waals surface area contributed by atoms with E-state index in [0.717, 1.165) is 24.0 Å². The summed E-state index contributed by atoms with van der Waals surface area (Å²) in [5, 5.41) is 7.96. The van der Waals surface area contributed by atoms with Crippen LogP contribution in [0.5, 0.6) is 0 Å². The Morgan fingerprint density at radius 2 is 1.18 bits per heavy atom. The van der Waals surface area contributed by atoms with Crippen LogP contribution in [0.4, 0.5) is 0 Å². The monoisotopic (exact) mass is 378 g/mol. The molecule has 2 aromatic carbocycles. The number of nitrogens with zero attached hydrogens (tertiary/aromatic N) is 2. The minimum absolute atomic E-state index is 0.435. The molecule has 1 fully saturated rings. The van der Waals surface area contributed by atoms with Crippen molar-refractivity contribution in [1.82, 2.24) is 0 Å². The summed E-state index contributed by atoms with van der Waals surface area (Å²) in [5.41, 5.74) is 3.86. The molecule has 0 atom stereocenters. The summed E-state index contributed by atoms with van der Waals surface area (Å²) < 4.78 is 0. The highest BCUT2D eigenvalue weighted by Gasteiger charge is 2.19. The minimum atomic E-state index is -0.530. The van der Waals surface area contributed by atoms with E-state index in [4.69, 9.17) is 9.68 Å². The van der Waals surface area contributed by atoms with E-state index in [9.17, 15) is 9.59 Å². The number of hydrogen-bond donors (Lipinski definition) is 0. The van der Waals surface area contributed by atoms with Gasteiger partial charge in [-0.15, -0.1) is 0 Å². The second-order valence-corrected chi connectivity index (χ2v) is 6.78. The van der Waals surface area contributed by atoms with Crippen molar-refractivity contribution >= 4 is 23.4 Å². The van der Waals surface area contributed by atoms with Crippen molar-refractivity contribution < 1.29 is 19.3 Å². The van der Waals surface area contributed by atoms with Crippen molar-refractivity contribution in [3.63, 3.8) is 0 Å². The molecule has 0 spiro atoms. The van der Waals surface area contributed by atoms with Crippen LogP contribution in [0.1, 0.15) is 57.5 Å². The zero-order valence-electron chi connectivity index (χ0n) is 16.0. The Kier molecular flexibility index (Phi) is 6.32. The molecule has 0 unspecified atom stereocenters. The fourth-order valence-electron chi connectivity index (χ4n) is 2.91. The van der Waals surface area contributed by atoms with E-state index < -0.39 is 11.9 Å². The average Bonchev–Trinajstić information content (AvgIpc) is 2.70. The van der Waals surface area contributed by atoms with E-state index in [1.165, 1.54) is 0 Å². The molecule has 3 rings (SSSR count). The van der Waals surface area contributed by atoms with Gasteiger partial charge in [0.1, 0.15) is 11.4 Å². The normalized spacial score (nSPS) is 16.8. The maximum absolute atomic E-state index is 12.2. The lowest BCUT2D eigenvalue weighted by Gasteiger charge is -2.14. The number of aryl methyl sites for hydroxylation is 2. The number of carbonyl (C=O) groups excluding carboxylic acids is 2. The van der Waals surface area contributed by atoms with Gasteiger partial charge in [-0.05, 0) is 63.8 Å². The number of benzene rings is 2. The predicted octanol–water partition coefficient (Wildman–Crippen LogP) is 4.60. The molecule has 1 saturated carbocycles. The van der Waals surface area contributed by atoms with Crippen LogP contribution in [0.3, 0.4) is 0 Å². The molecule has 0 amide bonds. The summed E-state index contributed by atoms with van der Waals surface area (Å²) in [6.45, 7) is 3.80. The molecule has 0 aliphatic heterocycles. The Labute approximate surface area is 163 Å². The van der Waals surface area contributed by atoms with Gasteiger partial charge in [-0.2, -0.15) is 0 Å². The Hall–Kier alpha value is -3.28. The molecular weight excluding hydrogens is 356 g/mol. The SMILES string of the molecule is Cc1cccc(C(=O)O/N=C2/CCCC/C2=N/OC(=O)c2cccc(C)c2)c1. The van der Waals surface area contributed by atoms with Gasteiger partial charge < -0.3 is 9.68 Å². The van der Waals surface area contributed by atoms with Crippen molar-refractivity contribution in [3.05, 3.63) is 70.8 Å². The van der Waals surface area contributed by atoms with Crippen LogP contribution in [0.15, 0.2) is 58.8 Å². The van der Waals surface area contributed by atoms with E-state index in [0.29, 0.717) is 35.4 Å². The van der Waals surface area contributed by atoms with E-state index in [-0.39, 0.29) is 0 Å². The maximum atomic E-state index is 12.2. The number of oxime groups is 2. The summed E-state index contributed by atoms with van der Waals surface area (Å²) in [5.74, 6) is -1.06. The van der Waals surface area contributed by atoms with Gasteiger partial charge in [0.05, 0.1) is 11.1 Å². The molecule has 6 nitrogen and oxygen atoms in total. The summed E-state index contributed by atoms with van der Waals surface area (Å²) in [6, 6.07) is 14.2. The first-order chi connectivity index (χ1) is 13.5. The molecule has 0 saturated heterocycles. The highest BCUT2D eigenvalue weighted by Crippen LogP contribution is 2.16. The van der Waals surface area contributed by atoms with E-state index in [1.807, 2.05) is 26.0 Å². The van der Waals surface area contributed by atoms with Crippen molar-refractivity contribution in [2.45, 2.75) is 39.5 Å². The van der Waals surface area contributed by atoms with Crippen LogP contribution in [-0.2, 0) is 9.68 Å². The first-order valence-corrected chi connectivity index (χ1v) is 9.23. The lowest BCUT2D eigenvalue weighted by molar-refractivity contribution is 0.0500. The molecule has 0 bridgehead atoms. The van der Waals surface area contributed by atoms with Crippen molar-refractivity contribution in [1.29, 1.82) is 0 Å². The Bertz CT molecular complexity index is 870. The summed E-state index contributed by atoms with van der Waals surface area (Å²) in [6.07, 6.45) is 3.04. The van der Waals surface area contributed by atoms with Crippen LogP contribution >= 0.6 is 0 Å². The average molecular weight is 378 g/mol. The molecule has 0 aromatic heterocycles. The molecular formula is C22H22N2O4. The molecule has 1 aliphatic rings. The van der Waals surface area contributed by atoms with Gasteiger partial charge in [-0.3, -0.25) is 0 Å². The van der Waals surface area contributed by atoms with Crippen LogP contribution in [0, 0.1) is 13.8 Å². The number of hydrogen-bond acceptors (Lipinski definition) is 6. The van der Waals surface area contributed by atoms with Gasteiger partial charge in [-0.25, -0.2) is 9.59 Å². The smallest absolute Gasteiger partial charge is 0.312 e. The molecule has 2 aromatic rings. The zero-order chi connectivity index (χ0) is 19.9. The van der Waals surface area contributed by atoms with Gasteiger partial charge >= 0.3 is 11.9 Å². The van der Waals surface area contributed by atoms with Gasteiger partial charge in [0.15, 0.2) is 0 Å². The Balaban J connectivity index is 1.69. The first kappa shape index (κ1) is 19.5. The van der Waals surface area contributed by atoms with Crippen LogP contribution in [0.25, 0.3) is 0 Å². The molecule has 0 N–H and O–H groups in total. The molecule has 144 valence electrons.